The Kier molecular flexibility index (Phi) is 4.19. The lowest BCUT2D eigenvalue weighted by molar-refractivity contribution is 0.0216. The fraction of sp³-hybridized carbons (Fsp3) is 0.600. The van der Waals surface area contributed by atoms with Crippen LogP contribution < -0.4 is 10.1 Å². The number of piperazine rings is 1. The summed E-state index contributed by atoms with van der Waals surface area (Å²) in [4.78, 5) is 4.83. The summed E-state index contributed by atoms with van der Waals surface area (Å²) in [5, 5.41) is 3.37. The molecule has 20 heavy (non-hydrogen) atoms. The van der Waals surface area contributed by atoms with Crippen LogP contribution in [0.5, 0.6) is 5.75 Å². The molecule has 2 aliphatic heterocycles. The maximum atomic E-state index is 14.1. The average Bonchev–Trinajstić information content (AvgIpc) is 2.45. The largest absolute Gasteiger partial charge is 0.494 e. The van der Waals surface area contributed by atoms with Crippen molar-refractivity contribution in [2.45, 2.75) is 12.6 Å². The molecule has 0 aromatic heterocycles. The van der Waals surface area contributed by atoms with Gasteiger partial charge < -0.3 is 10.1 Å². The molecule has 2 aliphatic rings. The topological polar surface area (TPSA) is 27.7 Å². The molecule has 4 nitrogen and oxygen atoms in total. The van der Waals surface area contributed by atoms with E-state index >= 15 is 0 Å². The third-order valence-corrected chi connectivity index (χ3v) is 4.26. The summed E-state index contributed by atoms with van der Waals surface area (Å²) in [5.74, 6) is 0.113. The van der Waals surface area contributed by atoms with Gasteiger partial charge in [0.05, 0.1) is 7.11 Å². The molecule has 5 heteroatoms. The number of ether oxygens (including phenoxy) is 1. The lowest BCUT2D eigenvalue weighted by Gasteiger charge is -2.46. The normalized spacial score (nSPS) is 21.7. The van der Waals surface area contributed by atoms with Gasteiger partial charge in [-0.1, -0.05) is 12.1 Å². The summed E-state index contributed by atoms with van der Waals surface area (Å²) in [6, 6.07) is 6.00. The number of methoxy groups -OCH3 is 1. The first kappa shape index (κ1) is 13.8. The van der Waals surface area contributed by atoms with Crippen LogP contribution in [0.1, 0.15) is 5.56 Å². The van der Waals surface area contributed by atoms with Crippen molar-refractivity contribution in [1.82, 2.24) is 15.1 Å². The van der Waals surface area contributed by atoms with E-state index in [-0.39, 0.29) is 5.82 Å². The van der Waals surface area contributed by atoms with Gasteiger partial charge >= 0.3 is 0 Å². The fourth-order valence-electron chi connectivity index (χ4n) is 3.03. The Morgan fingerprint density at radius 3 is 2.75 bits per heavy atom. The smallest absolute Gasteiger partial charge is 0.169 e. The Balaban J connectivity index is 1.53. The van der Waals surface area contributed by atoms with Crippen molar-refractivity contribution in [2.24, 2.45) is 0 Å². The predicted molar refractivity (Wildman–Crippen MR) is 76.5 cm³/mol. The van der Waals surface area contributed by atoms with Crippen molar-refractivity contribution >= 4 is 0 Å². The number of benzene rings is 1. The molecule has 1 N–H and O–H groups in total. The summed E-state index contributed by atoms with van der Waals surface area (Å²) in [6.45, 7) is 7.18. The van der Waals surface area contributed by atoms with Gasteiger partial charge in [-0.05, 0) is 6.07 Å². The minimum Gasteiger partial charge on any atom is -0.494 e. The number of nitrogens with one attached hydrogen (secondary N) is 1. The van der Waals surface area contributed by atoms with Crippen LogP contribution in [0.3, 0.4) is 0 Å². The molecule has 110 valence electrons. The van der Waals surface area contributed by atoms with E-state index in [0.29, 0.717) is 18.3 Å². The van der Waals surface area contributed by atoms with Gasteiger partial charge in [0, 0.05) is 57.4 Å². The summed E-state index contributed by atoms with van der Waals surface area (Å²) in [7, 11) is 1.51. The number of halogens is 1. The molecule has 2 fully saturated rings. The van der Waals surface area contributed by atoms with E-state index in [0.717, 1.165) is 44.8 Å². The maximum Gasteiger partial charge on any atom is 0.169 e. The first-order chi connectivity index (χ1) is 9.78. The molecule has 3 rings (SSSR count). The van der Waals surface area contributed by atoms with E-state index in [2.05, 4.69) is 15.1 Å². The molecular weight excluding hydrogens is 257 g/mol. The van der Waals surface area contributed by atoms with E-state index in [1.54, 1.807) is 6.07 Å². The van der Waals surface area contributed by atoms with Crippen LogP contribution >= 0.6 is 0 Å². The first-order valence-electron chi connectivity index (χ1n) is 7.26. The van der Waals surface area contributed by atoms with Gasteiger partial charge in [0.25, 0.3) is 0 Å². The zero-order chi connectivity index (χ0) is 13.9. The second-order valence-electron chi connectivity index (χ2n) is 5.57. The number of hydrogen-bond acceptors (Lipinski definition) is 4. The maximum absolute atomic E-state index is 14.1. The fourth-order valence-corrected chi connectivity index (χ4v) is 3.03. The van der Waals surface area contributed by atoms with Gasteiger partial charge in [0.2, 0.25) is 0 Å². The highest BCUT2D eigenvalue weighted by atomic mass is 19.1. The lowest BCUT2D eigenvalue weighted by Crippen LogP contribution is -2.62. The molecule has 2 heterocycles. The molecule has 0 spiro atoms. The summed E-state index contributed by atoms with van der Waals surface area (Å²) in [6.07, 6.45) is 0. The van der Waals surface area contributed by atoms with Crippen LogP contribution in [-0.2, 0) is 6.54 Å². The molecule has 1 aromatic carbocycles. The van der Waals surface area contributed by atoms with Gasteiger partial charge in [-0.25, -0.2) is 4.39 Å². The molecule has 0 unspecified atom stereocenters. The highest BCUT2D eigenvalue weighted by Crippen LogP contribution is 2.24. The number of rotatable bonds is 4. The molecule has 0 atom stereocenters. The molecular formula is C15H22FN3O. The second-order valence-corrected chi connectivity index (χ2v) is 5.57. The Morgan fingerprint density at radius 1 is 1.30 bits per heavy atom. The SMILES string of the molecule is COc1cccc(CN2CC(N3CCNCC3)C2)c1F. The van der Waals surface area contributed by atoms with Crippen molar-refractivity contribution in [1.29, 1.82) is 0 Å². The highest BCUT2D eigenvalue weighted by molar-refractivity contribution is 5.31. The molecule has 0 radical (unpaired) electrons. The summed E-state index contributed by atoms with van der Waals surface area (Å²) >= 11 is 0. The van der Waals surface area contributed by atoms with Crippen molar-refractivity contribution < 1.29 is 9.13 Å². The van der Waals surface area contributed by atoms with Gasteiger partial charge in [-0.2, -0.15) is 0 Å². The summed E-state index contributed by atoms with van der Waals surface area (Å²) in [5.41, 5.74) is 0.725. The van der Waals surface area contributed by atoms with Gasteiger partial charge in [-0.3, -0.25) is 9.80 Å². The minimum atomic E-state index is -0.222. The van der Waals surface area contributed by atoms with Crippen LogP contribution in [-0.4, -0.2) is 62.2 Å². The second kappa shape index (κ2) is 6.08. The zero-order valence-electron chi connectivity index (χ0n) is 11.9. The first-order valence-corrected chi connectivity index (χ1v) is 7.26. The predicted octanol–water partition coefficient (Wildman–Crippen LogP) is 0.924. The van der Waals surface area contributed by atoms with Crippen LogP contribution in [0, 0.1) is 5.82 Å². The molecule has 1 aromatic rings. The molecule has 0 bridgehead atoms. The zero-order valence-corrected chi connectivity index (χ0v) is 11.9. The quantitative estimate of drug-likeness (QED) is 0.887. The van der Waals surface area contributed by atoms with E-state index in [9.17, 15) is 4.39 Å². The Hall–Kier alpha value is -1.17. The van der Waals surface area contributed by atoms with Crippen LogP contribution in [0.15, 0.2) is 18.2 Å². The average molecular weight is 279 g/mol. The Bertz CT molecular complexity index is 456. The van der Waals surface area contributed by atoms with E-state index in [4.69, 9.17) is 4.74 Å². The lowest BCUT2D eigenvalue weighted by atomic mass is 10.0. The molecule has 0 aliphatic carbocycles. The third kappa shape index (κ3) is 2.80. The van der Waals surface area contributed by atoms with Gasteiger partial charge in [0.1, 0.15) is 0 Å². The van der Waals surface area contributed by atoms with Gasteiger partial charge in [-0.15, -0.1) is 0 Å². The Labute approximate surface area is 119 Å². The van der Waals surface area contributed by atoms with Crippen molar-refractivity contribution in [3.8, 4) is 5.75 Å². The minimum absolute atomic E-state index is 0.222. The molecule has 0 amide bonds. The summed E-state index contributed by atoms with van der Waals surface area (Å²) < 4.78 is 19.1. The molecule has 2 saturated heterocycles. The number of likely N-dealkylation sites (tertiary alicyclic amines) is 1. The van der Waals surface area contributed by atoms with Crippen LogP contribution in [0.25, 0.3) is 0 Å². The Morgan fingerprint density at radius 2 is 2.05 bits per heavy atom. The highest BCUT2D eigenvalue weighted by Gasteiger charge is 2.32. The monoisotopic (exact) mass is 279 g/mol. The number of nitrogens with zero attached hydrogens (tertiary/aromatic N) is 2. The van der Waals surface area contributed by atoms with Crippen molar-refractivity contribution in [3.63, 3.8) is 0 Å². The standard InChI is InChI=1S/C15H22FN3O/c1-20-14-4-2-3-12(15(14)16)9-18-10-13(11-18)19-7-5-17-6-8-19/h2-4,13,17H,5-11H2,1H3. The van der Waals surface area contributed by atoms with Crippen LogP contribution in [0.4, 0.5) is 4.39 Å². The van der Waals surface area contributed by atoms with E-state index in [1.807, 2.05) is 12.1 Å². The van der Waals surface area contributed by atoms with Crippen LogP contribution in [0.2, 0.25) is 0 Å². The third-order valence-electron chi connectivity index (χ3n) is 4.26. The van der Waals surface area contributed by atoms with Crippen molar-refractivity contribution in [3.05, 3.63) is 29.6 Å². The van der Waals surface area contributed by atoms with E-state index in [1.165, 1.54) is 7.11 Å². The van der Waals surface area contributed by atoms with Gasteiger partial charge in [0.15, 0.2) is 11.6 Å². The molecule has 0 saturated carbocycles. The van der Waals surface area contributed by atoms with E-state index < -0.39 is 0 Å². The number of hydrogen-bond donors (Lipinski definition) is 1. The van der Waals surface area contributed by atoms with Crippen molar-refractivity contribution in [2.75, 3.05) is 46.4 Å².